The molecule has 0 aliphatic rings. The molecule has 0 spiro atoms. The summed E-state index contributed by atoms with van der Waals surface area (Å²) in [5.41, 5.74) is 19.0. The van der Waals surface area contributed by atoms with Gasteiger partial charge in [-0.05, 0) is 237 Å². The van der Waals surface area contributed by atoms with Crippen LogP contribution < -0.4 is 50.7 Å². The Hall–Kier alpha value is -8.14. The van der Waals surface area contributed by atoms with Gasteiger partial charge in [0.1, 0.15) is 28.7 Å². The van der Waals surface area contributed by atoms with Gasteiger partial charge in [-0.15, -0.1) is 22.7 Å². The summed E-state index contributed by atoms with van der Waals surface area (Å²) in [7, 11) is 1.37. The van der Waals surface area contributed by atoms with Crippen LogP contribution >= 0.6 is 38.6 Å². The van der Waals surface area contributed by atoms with Crippen molar-refractivity contribution < 1.29 is 80.7 Å². The van der Waals surface area contributed by atoms with Crippen molar-refractivity contribution in [3.05, 3.63) is 227 Å². The highest BCUT2D eigenvalue weighted by atomic mass is 79.9. The van der Waals surface area contributed by atoms with E-state index in [9.17, 15) is 29.1 Å². The third-order valence-corrected chi connectivity index (χ3v) is 44.6. The number of ketones is 4. The Morgan fingerprint density at radius 3 is 0.904 bits per heavy atom. The molecular formula is C105H160BrN7O17S2Si4. The Labute approximate surface area is 833 Å². The molecule has 9 rings (SSSR count). The van der Waals surface area contributed by atoms with E-state index in [-0.39, 0.29) is 51.5 Å². The number of nitrogens with one attached hydrogen (secondary N) is 4. The molecule has 24 nitrogen and oxygen atoms in total. The first-order chi connectivity index (χ1) is 63.7. The number of carboxylic acid groups (broad SMARTS) is 1. The highest BCUT2D eigenvalue weighted by molar-refractivity contribution is 9.08. The standard InChI is InChI=1S/C28H38N2O3SSi.C22H24N2O3S.C18H31NO3Si.C17H29NO4Si.C10H11BrO2.C8H21NOSi.C2H6O/c1-20-30-26(19-34-20)22-10-8-21(9-11-22)16-27(31)25-13-12-24(32-5)17-23(25)18-29-14-15-33-35(6,7)28(2,3)4;1-15-24-21(14-28-15)17-5-3-16(4-6-17)11-22(26)20-8-7-19(27-2)12-18(20)13-23-9-10-25;1-14(20)17-9-8-16(21-5)12-15(17)13-19-10-11-22-23(6,7)18(2,3)4;1-17(2,3)23(5,6)22-10-9-18-12-13-11-14(21-4)7-8-15(13)16(19)20;1-7(12)10-4-3-9(13-2)5-8(10)6-11;1-8(2,3)11(4,5)10-7-6-9;1-2-3/h8-13,17,19,29H,14-16,18H2,1-7H3;3-8,12,14,23,25H,9-11,13H2,1-2H3;8-9,12,19H,10-11,13H2,1-7H3;7-8,11,18H,9-10,12H2,1-6H3,(H,19,20);3-5H,6H2,1-2H3;6-7,9H2,1-5H3;3H,2H2,1H3. The van der Waals surface area contributed by atoms with Crippen molar-refractivity contribution >= 4 is 101 Å². The van der Waals surface area contributed by atoms with E-state index in [2.05, 4.69) is 188 Å². The van der Waals surface area contributed by atoms with Crippen molar-refractivity contribution in [2.45, 2.75) is 235 Å². The quantitative estimate of drug-likeness (QED) is 0.00762. The van der Waals surface area contributed by atoms with E-state index >= 15 is 0 Å². The summed E-state index contributed by atoms with van der Waals surface area (Å²) in [5, 5.41) is 46.7. The number of carboxylic acids is 1. The van der Waals surface area contributed by atoms with Crippen molar-refractivity contribution in [1.29, 1.82) is 0 Å². The highest BCUT2D eigenvalue weighted by Gasteiger charge is 2.40. The van der Waals surface area contributed by atoms with Crippen LogP contribution in [0.15, 0.2) is 150 Å². The number of hydrogen-bond acceptors (Lipinski definition) is 25. The summed E-state index contributed by atoms with van der Waals surface area (Å²) in [4.78, 5) is 69.3. The summed E-state index contributed by atoms with van der Waals surface area (Å²) in [6, 6.07) is 43.2. The number of halogens is 1. The number of rotatable bonds is 42. The van der Waals surface area contributed by atoms with Crippen LogP contribution in [-0.4, -0.2) is 196 Å². The first kappa shape index (κ1) is 122. The minimum absolute atomic E-state index is 0.0537. The molecular weight excluding hydrogens is 1890 g/mol. The smallest absolute Gasteiger partial charge is 0.336 e. The molecule has 0 atom stereocenters. The lowest BCUT2D eigenvalue weighted by Crippen LogP contribution is -2.42. The van der Waals surface area contributed by atoms with E-state index < -0.39 is 39.2 Å². The van der Waals surface area contributed by atoms with Gasteiger partial charge in [0, 0.05) is 154 Å². The van der Waals surface area contributed by atoms with Gasteiger partial charge in [0.25, 0.3) is 0 Å². The minimum atomic E-state index is -1.76. The number of methoxy groups -OCH3 is 5. The molecule has 0 amide bonds. The summed E-state index contributed by atoms with van der Waals surface area (Å²) in [6.07, 6.45) is 0.680. The Bertz CT molecular complexity index is 5020. The number of hydrogen-bond donors (Lipinski definition) is 8. The van der Waals surface area contributed by atoms with Crippen LogP contribution in [0.25, 0.3) is 22.5 Å². The van der Waals surface area contributed by atoms with E-state index in [1.165, 1.54) is 0 Å². The Morgan fingerprint density at radius 1 is 0.397 bits per heavy atom. The van der Waals surface area contributed by atoms with E-state index in [1.807, 2.05) is 122 Å². The molecule has 752 valence electrons. The maximum atomic E-state index is 13.2. The highest BCUT2D eigenvalue weighted by Crippen LogP contribution is 2.40. The van der Waals surface area contributed by atoms with Crippen molar-refractivity contribution in [2.75, 3.05) is 108 Å². The van der Waals surface area contributed by atoms with Gasteiger partial charge in [0.15, 0.2) is 56.4 Å². The van der Waals surface area contributed by atoms with Gasteiger partial charge in [-0.3, -0.25) is 19.2 Å². The molecule has 0 fully saturated rings. The molecule has 0 radical (unpaired) electrons. The van der Waals surface area contributed by atoms with Gasteiger partial charge < -0.3 is 83.7 Å². The molecule has 7 aromatic carbocycles. The van der Waals surface area contributed by atoms with Crippen molar-refractivity contribution in [2.24, 2.45) is 5.73 Å². The fraction of sp³-hybridized carbons (Fsp3) is 0.495. The lowest BCUT2D eigenvalue weighted by molar-refractivity contribution is 0.0694. The fourth-order valence-electron chi connectivity index (χ4n) is 12.0. The van der Waals surface area contributed by atoms with Crippen molar-refractivity contribution in [3.63, 3.8) is 0 Å². The third-order valence-electron chi connectivity index (χ3n) is 24.3. The van der Waals surface area contributed by atoms with Crippen LogP contribution in [0.1, 0.15) is 205 Å². The zero-order valence-corrected chi connectivity index (χ0v) is 94.1. The number of carbonyl (C=O) groups excluding carboxylic acids is 4. The number of aliphatic hydroxyl groups excluding tert-OH is 2. The van der Waals surface area contributed by atoms with Gasteiger partial charge in [-0.2, -0.15) is 0 Å². The minimum Gasteiger partial charge on any atom is -0.497 e. The predicted molar refractivity (Wildman–Crippen MR) is 574 cm³/mol. The average molecular weight is 2050 g/mol. The molecule has 31 heteroatoms. The lowest BCUT2D eigenvalue weighted by atomic mass is 9.97. The maximum absolute atomic E-state index is 13.2. The van der Waals surface area contributed by atoms with Gasteiger partial charge in [-0.25, -0.2) is 14.8 Å². The Morgan fingerprint density at radius 2 is 0.654 bits per heavy atom. The molecule has 0 aliphatic heterocycles. The third kappa shape index (κ3) is 42.1. The van der Waals surface area contributed by atoms with Crippen LogP contribution in [0.4, 0.5) is 0 Å². The molecule has 9 N–H and O–H groups in total. The average Bonchev–Trinajstić information content (AvgIpc) is 0.952. The fourth-order valence-corrected chi connectivity index (χ4v) is 18.0. The van der Waals surface area contributed by atoms with E-state index in [0.717, 1.165) is 113 Å². The SMILES string of the molecule is CC(C)(C)[Si](C)(C)OCCN.CCO.COc1ccc(C(=O)Cc2ccc(-c3csc(C)n3)cc2)c(CNCCO)c1.COc1ccc(C(=O)Cc2ccc(-c3csc(C)n3)cc2)c(CNCCO[Si](C)(C)C(C)(C)C)c1.COc1ccc(C(=O)O)c(CNCCO[Si](C)(C)C(C)(C)C)c1.COc1ccc(C(C)=O)c(CBr)c1.COc1ccc(C(C)=O)c(CNCCO[Si](C)(C)C(C)(C)C)c1. The van der Waals surface area contributed by atoms with Gasteiger partial charge >= 0.3 is 5.97 Å². The molecule has 136 heavy (non-hydrogen) atoms. The largest absolute Gasteiger partial charge is 0.497 e. The summed E-state index contributed by atoms with van der Waals surface area (Å²) in [6.45, 7) is 62.0. The molecule has 9 aromatic rings. The first-order valence-corrected chi connectivity index (χ1v) is 60.8. The molecule has 0 bridgehead atoms. The zero-order chi connectivity index (χ0) is 103. The number of aromatic nitrogens is 2. The number of benzene rings is 7. The number of thiazole rings is 2. The zero-order valence-electron chi connectivity index (χ0n) is 86.9. The van der Waals surface area contributed by atoms with Crippen LogP contribution in [0, 0.1) is 13.8 Å². The summed E-state index contributed by atoms with van der Waals surface area (Å²) < 4.78 is 50.4. The number of aromatic carboxylic acids is 1. The van der Waals surface area contributed by atoms with Crippen LogP contribution in [0.5, 0.6) is 28.7 Å². The lowest BCUT2D eigenvalue weighted by Gasteiger charge is -2.36. The maximum Gasteiger partial charge on any atom is 0.336 e. The number of nitrogens with two attached hydrogens (primary N) is 1. The van der Waals surface area contributed by atoms with Crippen molar-refractivity contribution in [1.82, 2.24) is 31.2 Å². The van der Waals surface area contributed by atoms with Gasteiger partial charge in [0.2, 0.25) is 0 Å². The first-order valence-electron chi connectivity index (χ1n) is 46.2. The normalized spacial score (nSPS) is 11.7. The second-order valence-electron chi connectivity index (χ2n) is 38.7. The van der Waals surface area contributed by atoms with Crippen LogP contribution in [0.2, 0.25) is 72.5 Å². The van der Waals surface area contributed by atoms with Gasteiger partial charge in [0.05, 0.1) is 69.1 Å². The molecule has 0 saturated carbocycles. The predicted octanol–water partition coefficient (Wildman–Crippen LogP) is 22.6. The van der Waals surface area contributed by atoms with Crippen LogP contribution in [-0.2, 0) is 62.1 Å². The van der Waals surface area contributed by atoms with E-state index in [4.69, 9.17) is 57.3 Å². The van der Waals surface area contributed by atoms with E-state index in [0.29, 0.717) is 124 Å². The number of aliphatic hydroxyl groups is 2. The number of carbonyl (C=O) groups is 5. The monoisotopic (exact) mass is 2050 g/mol. The topological polar surface area (TPSA) is 329 Å². The summed E-state index contributed by atoms with van der Waals surface area (Å²) >= 11 is 6.60. The Kier molecular flexibility index (Phi) is 53.3. The number of ether oxygens (including phenoxy) is 5. The van der Waals surface area contributed by atoms with Crippen molar-refractivity contribution in [3.8, 4) is 51.3 Å². The Balaban J connectivity index is 0.000000432. The molecule has 0 aliphatic carbocycles. The number of alkyl halides is 1. The molecule has 0 saturated heterocycles. The van der Waals surface area contributed by atoms with Gasteiger partial charge in [-0.1, -0.05) is 148 Å². The van der Waals surface area contributed by atoms with Crippen LogP contribution in [0.3, 0.4) is 0 Å². The number of nitrogens with zero attached hydrogens (tertiary/aromatic N) is 2. The second-order valence-corrected chi connectivity index (χ2v) is 60.7. The molecule has 2 heterocycles. The molecule has 0 unspecified atom stereocenters. The van der Waals surface area contributed by atoms with E-state index in [1.54, 1.807) is 115 Å². The number of Topliss-reactive ketones (excluding diaryl/α,β-unsaturated/α-hetero) is 4. The second kappa shape index (κ2) is 59.4. The molecule has 2 aromatic heterocycles. The number of aryl methyl sites for hydroxylation is 2. The summed E-state index contributed by atoms with van der Waals surface area (Å²) in [5.74, 6) is 3.04.